The third-order valence-corrected chi connectivity index (χ3v) is 5.68. The SMILES string of the molecule is COCCCS(=O)(=O)N[C@H]1C[C@@H]1C1CCCCC1. The first-order valence-corrected chi connectivity index (χ1v) is 8.76. The van der Waals surface area contributed by atoms with Gasteiger partial charge in [0.1, 0.15) is 0 Å². The Morgan fingerprint density at radius 3 is 2.61 bits per heavy atom. The zero-order chi connectivity index (χ0) is 13.0. The fourth-order valence-electron chi connectivity index (χ4n) is 3.12. The summed E-state index contributed by atoms with van der Waals surface area (Å²) in [5, 5.41) is 0. The van der Waals surface area contributed by atoms with Crippen LogP contribution in [0.15, 0.2) is 0 Å². The molecule has 2 aliphatic rings. The molecule has 0 unspecified atom stereocenters. The van der Waals surface area contributed by atoms with Gasteiger partial charge in [0.05, 0.1) is 5.75 Å². The van der Waals surface area contributed by atoms with Gasteiger partial charge in [0, 0.05) is 19.8 Å². The van der Waals surface area contributed by atoms with Crippen LogP contribution >= 0.6 is 0 Å². The minimum atomic E-state index is -3.09. The van der Waals surface area contributed by atoms with Crippen molar-refractivity contribution >= 4 is 10.0 Å². The number of hydrogen-bond donors (Lipinski definition) is 1. The van der Waals surface area contributed by atoms with Gasteiger partial charge in [-0.15, -0.1) is 0 Å². The van der Waals surface area contributed by atoms with Crippen LogP contribution in [0.25, 0.3) is 0 Å². The Hall–Kier alpha value is -0.130. The average molecular weight is 275 g/mol. The molecule has 0 bridgehead atoms. The summed E-state index contributed by atoms with van der Waals surface area (Å²) in [5.74, 6) is 1.57. The van der Waals surface area contributed by atoms with Crippen LogP contribution in [-0.4, -0.2) is 33.9 Å². The molecule has 4 nitrogen and oxygen atoms in total. The van der Waals surface area contributed by atoms with Crippen LogP contribution in [0.1, 0.15) is 44.9 Å². The molecule has 0 aromatic rings. The highest BCUT2D eigenvalue weighted by molar-refractivity contribution is 7.89. The molecule has 0 aromatic heterocycles. The highest BCUT2D eigenvalue weighted by atomic mass is 32.2. The van der Waals surface area contributed by atoms with Crippen molar-refractivity contribution in [1.29, 1.82) is 0 Å². The van der Waals surface area contributed by atoms with Gasteiger partial charge >= 0.3 is 0 Å². The van der Waals surface area contributed by atoms with Crippen molar-refractivity contribution in [3.05, 3.63) is 0 Å². The molecule has 2 saturated carbocycles. The van der Waals surface area contributed by atoms with E-state index >= 15 is 0 Å². The van der Waals surface area contributed by atoms with E-state index in [1.807, 2.05) is 0 Å². The van der Waals surface area contributed by atoms with Gasteiger partial charge < -0.3 is 4.74 Å². The maximum Gasteiger partial charge on any atom is 0.211 e. The van der Waals surface area contributed by atoms with Crippen molar-refractivity contribution in [2.45, 2.75) is 51.0 Å². The predicted octanol–water partition coefficient (Wildman–Crippen LogP) is 1.91. The van der Waals surface area contributed by atoms with Gasteiger partial charge in [0.15, 0.2) is 0 Å². The molecule has 0 heterocycles. The molecule has 2 rings (SSSR count). The molecule has 0 spiro atoms. The predicted molar refractivity (Wildman–Crippen MR) is 71.9 cm³/mol. The summed E-state index contributed by atoms with van der Waals surface area (Å²) >= 11 is 0. The Morgan fingerprint density at radius 2 is 1.94 bits per heavy atom. The van der Waals surface area contributed by atoms with Crippen molar-refractivity contribution in [1.82, 2.24) is 4.72 Å². The molecule has 106 valence electrons. The van der Waals surface area contributed by atoms with Crippen LogP contribution in [-0.2, 0) is 14.8 Å². The second-order valence-corrected chi connectivity index (χ2v) is 7.56. The van der Waals surface area contributed by atoms with E-state index in [0.29, 0.717) is 18.9 Å². The topological polar surface area (TPSA) is 55.4 Å². The lowest BCUT2D eigenvalue weighted by Crippen LogP contribution is -2.31. The molecule has 2 atom stereocenters. The molecule has 5 heteroatoms. The average Bonchev–Trinajstić information content (AvgIpc) is 3.09. The maximum absolute atomic E-state index is 11.8. The largest absolute Gasteiger partial charge is 0.385 e. The Balaban J connectivity index is 1.71. The number of ether oxygens (including phenoxy) is 1. The third-order valence-electron chi connectivity index (χ3n) is 4.19. The molecule has 18 heavy (non-hydrogen) atoms. The summed E-state index contributed by atoms with van der Waals surface area (Å²) in [6.07, 6.45) is 8.24. The lowest BCUT2D eigenvalue weighted by molar-refractivity contribution is 0.199. The second-order valence-electron chi connectivity index (χ2n) is 5.69. The summed E-state index contributed by atoms with van der Waals surface area (Å²) in [6.45, 7) is 0.512. The van der Waals surface area contributed by atoms with Gasteiger partial charge in [-0.05, 0) is 24.7 Å². The van der Waals surface area contributed by atoms with Gasteiger partial charge in [-0.1, -0.05) is 32.1 Å². The summed E-state index contributed by atoms with van der Waals surface area (Å²) in [4.78, 5) is 0. The first-order chi connectivity index (χ1) is 8.62. The highest BCUT2D eigenvalue weighted by Gasteiger charge is 2.44. The molecular formula is C13H25NO3S. The van der Waals surface area contributed by atoms with Crippen LogP contribution < -0.4 is 4.72 Å². The number of sulfonamides is 1. The Bertz CT molecular complexity index is 349. The van der Waals surface area contributed by atoms with Crippen molar-refractivity contribution < 1.29 is 13.2 Å². The fraction of sp³-hybridized carbons (Fsp3) is 1.00. The van der Waals surface area contributed by atoms with Crippen molar-refractivity contribution in [3.8, 4) is 0 Å². The first kappa shape index (κ1) is 14.3. The molecule has 0 radical (unpaired) electrons. The van der Waals surface area contributed by atoms with Gasteiger partial charge in [0.25, 0.3) is 0 Å². The summed E-state index contributed by atoms with van der Waals surface area (Å²) in [5.41, 5.74) is 0. The normalized spacial score (nSPS) is 29.4. The number of nitrogens with one attached hydrogen (secondary N) is 1. The second kappa shape index (κ2) is 6.35. The standard InChI is InChI=1S/C13H25NO3S/c1-17-8-5-9-18(15,16)14-13-10-12(13)11-6-3-2-4-7-11/h11-14H,2-10H2,1H3/t12-,13+/m1/s1. The van der Waals surface area contributed by atoms with Gasteiger partial charge in [0.2, 0.25) is 10.0 Å². The van der Waals surface area contributed by atoms with E-state index < -0.39 is 10.0 Å². The number of hydrogen-bond acceptors (Lipinski definition) is 3. The smallest absolute Gasteiger partial charge is 0.211 e. The van der Waals surface area contributed by atoms with Gasteiger partial charge in [-0.25, -0.2) is 13.1 Å². The number of rotatable bonds is 7. The van der Waals surface area contributed by atoms with Gasteiger partial charge in [-0.3, -0.25) is 0 Å². The van der Waals surface area contributed by atoms with Crippen LogP contribution in [0.3, 0.4) is 0 Å². The van der Waals surface area contributed by atoms with E-state index in [1.165, 1.54) is 32.1 Å². The third kappa shape index (κ3) is 4.21. The molecule has 0 aromatic carbocycles. The van der Waals surface area contributed by atoms with Crippen molar-refractivity contribution in [2.75, 3.05) is 19.5 Å². The first-order valence-electron chi connectivity index (χ1n) is 7.11. The van der Waals surface area contributed by atoms with E-state index in [4.69, 9.17) is 4.74 Å². The van der Waals surface area contributed by atoms with Crippen LogP contribution in [0, 0.1) is 11.8 Å². The minimum absolute atomic E-state index is 0.189. The summed E-state index contributed by atoms with van der Waals surface area (Å²) in [6, 6.07) is 0.223. The monoisotopic (exact) mass is 275 g/mol. The molecule has 2 fully saturated rings. The fourth-order valence-corrected chi connectivity index (χ4v) is 4.46. The Morgan fingerprint density at radius 1 is 1.22 bits per heavy atom. The van der Waals surface area contributed by atoms with Gasteiger partial charge in [-0.2, -0.15) is 0 Å². The lowest BCUT2D eigenvalue weighted by atomic mass is 9.86. The highest BCUT2D eigenvalue weighted by Crippen LogP contribution is 2.44. The Kier molecular flexibility index (Phi) is 5.04. The summed E-state index contributed by atoms with van der Waals surface area (Å²) < 4.78 is 31.4. The molecule has 0 aliphatic heterocycles. The van der Waals surface area contributed by atoms with Crippen molar-refractivity contribution in [2.24, 2.45) is 11.8 Å². The van der Waals surface area contributed by atoms with E-state index in [9.17, 15) is 8.42 Å². The van der Waals surface area contributed by atoms with E-state index in [0.717, 1.165) is 12.3 Å². The van der Waals surface area contributed by atoms with E-state index in [2.05, 4.69) is 4.72 Å². The molecule has 0 amide bonds. The summed E-state index contributed by atoms with van der Waals surface area (Å²) in [7, 11) is -1.49. The van der Waals surface area contributed by atoms with E-state index in [1.54, 1.807) is 7.11 Å². The quantitative estimate of drug-likeness (QED) is 0.722. The lowest BCUT2D eigenvalue weighted by Gasteiger charge is -2.21. The zero-order valence-electron chi connectivity index (χ0n) is 11.2. The zero-order valence-corrected chi connectivity index (χ0v) is 12.0. The molecular weight excluding hydrogens is 250 g/mol. The van der Waals surface area contributed by atoms with E-state index in [-0.39, 0.29) is 11.8 Å². The minimum Gasteiger partial charge on any atom is -0.385 e. The molecule has 1 N–H and O–H groups in total. The van der Waals surface area contributed by atoms with Crippen LogP contribution in [0.4, 0.5) is 0 Å². The maximum atomic E-state index is 11.8. The van der Waals surface area contributed by atoms with Crippen LogP contribution in [0.5, 0.6) is 0 Å². The molecule has 2 aliphatic carbocycles. The van der Waals surface area contributed by atoms with Crippen molar-refractivity contribution in [3.63, 3.8) is 0 Å². The molecule has 0 saturated heterocycles. The van der Waals surface area contributed by atoms with Crippen LogP contribution in [0.2, 0.25) is 0 Å². The Labute approximate surface area is 111 Å². The number of methoxy groups -OCH3 is 1.